The van der Waals surface area contributed by atoms with Crippen molar-refractivity contribution in [1.29, 1.82) is 0 Å². The Labute approximate surface area is 143 Å². The molecule has 23 heavy (non-hydrogen) atoms. The van der Waals surface area contributed by atoms with Crippen LogP contribution >= 0.6 is 12.4 Å². The van der Waals surface area contributed by atoms with Crippen molar-refractivity contribution < 1.29 is 9.59 Å². The number of hydrogen-bond donors (Lipinski definition) is 3. The van der Waals surface area contributed by atoms with Crippen LogP contribution in [-0.2, 0) is 4.79 Å². The number of halogens is 1. The van der Waals surface area contributed by atoms with Gasteiger partial charge in [-0.1, -0.05) is 6.07 Å². The van der Waals surface area contributed by atoms with E-state index in [0.717, 1.165) is 19.6 Å². The lowest BCUT2D eigenvalue weighted by Gasteiger charge is -2.33. The van der Waals surface area contributed by atoms with Crippen LogP contribution in [0.3, 0.4) is 0 Å². The summed E-state index contributed by atoms with van der Waals surface area (Å²) in [6, 6.07) is 7.35. The first-order chi connectivity index (χ1) is 10.6. The molecule has 6 nitrogen and oxygen atoms in total. The molecule has 128 valence electrons. The number of rotatable bonds is 5. The summed E-state index contributed by atoms with van der Waals surface area (Å²) in [7, 11) is 0. The van der Waals surface area contributed by atoms with Crippen molar-refractivity contribution in [2.75, 3.05) is 38.0 Å². The summed E-state index contributed by atoms with van der Waals surface area (Å²) < 4.78 is 0. The predicted molar refractivity (Wildman–Crippen MR) is 94.2 cm³/mol. The van der Waals surface area contributed by atoms with Gasteiger partial charge in [0.05, 0.1) is 6.54 Å². The largest absolute Gasteiger partial charge is 0.352 e. The van der Waals surface area contributed by atoms with Gasteiger partial charge in [0.25, 0.3) is 5.91 Å². The van der Waals surface area contributed by atoms with Crippen molar-refractivity contribution in [3.05, 3.63) is 29.8 Å². The van der Waals surface area contributed by atoms with E-state index in [4.69, 9.17) is 0 Å². The van der Waals surface area contributed by atoms with E-state index in [-0.39, 0.29) is 24.2 Å². The Morgan fingerprint density at radius 1 is 1.39 bits per heavy atom. The molecular formula is C16H25ClN4O2. The number of anilines is 1. The van der Waals surface area contributed by atoms with Crippen molar-refractivity contribution >= 4 is 29.9 Å². The van der Waals surface area contributed by atoms with E-state index in [1.54, 1.807) is 24.3 Å². The number of piperazine rings is 1. The van der Waals surface area contributed by atoms with Crippen LogP contribution in [0.5, 0.6) is 0 Å². The molecule has 3 N–H and O–H groups in total. The molecule has 0 saturated carbocycles. The van der Waals surface area contributed by atoms with E-state index >= 15 is 0 Å². The summed E-state index contributed by atoms with van der Waals surface area (Å²) in [5.74, 6) is -0.184. The molecule has 7 heteroatoms. The Bertz CT molecular complexity index is 539. The molecule has 2 amide bonds. The fourth-order valence-corrected chi connectivity index (χ4v) is 2.50. The van der Waals surface area contributed by atoms with Gasteiger partial charge in [0.15, 0.2) is 0 Å². The summed E-state index contributed by atoms with van der Waals surface area (Å²) in [4.78, 5) is 26.1. The highest BCUT2D eigenvalue weighted by Crippen LogP contribution is 2.11. The molecule has 1 atom stereocenters. The van der Waals surface area contributed by atoms with Gasteiger partial charge in [-0.25, -0.2) is 0 Å². The maximum absolute atomic E-state index is 12.2. The third kappa shape index (κ3) is 5.82. The minimum Gasteiger partial charge on any atom is -0.352 e. The lowest BCUT2D eigenvalue weighted by molar-refractivity contribution is -0.118. The lowest BCUT2D eigenvalue weighted by atomic mass is 10.2. The SMILES string of the molecule is CCNC(=O)c1cccc(NC(=O)CN2CCNC[C@H]2C)c1.Cl. The molecule has 0 bridgehead atoms. The number of nitrogens with one attached hydrogen (secondary N) is 3. The van der Waals surface area contributed by atoms with Gasteiger partial charge in [-0.05, 0) is 32.0 Å². The Balaban J connectivity index is 0.00000264. The number of nitrogens with zero attached hydrogens (tertiary/aromatic N) is 1. The number of carbonyl (C=O) groups excluding carboxylic acids is 2. The standard InChI is InChI=1S/C16H24N4O2.ClH/c1-3-18-16(22)13-5-4-6-14(9-13)19-15(21)11-20-8-7-17-10-12(20)2;/h4-6,9,12,17H,3,7-8,10-11H2,1-2H3,(H,18,22)(H,19,21);1H/t12-;/m1./s1. The van der Waals surface area contributed by atoms with E-state index in [1.165, 1.54) is 0 Å². The van der Waals surface area contributed by atoms with Gasteiger partial charge in [-0.15, -0.1) is 12.4 Å². The zero-order valence-electron chi connectivity index (χ0n) is 13.6. The average molecular weight is 341 g/mol. The van der Waals surface area contributed by atoms with E-state index < -0.39 is 0 Å². The van der Waals surface area contributed by atoms with Crippen LogP contribution in [0.15, 0.2) is 24.3 Å². The van der Waals surface area contributed by atoms with Crippen LogP contribution in [0, 0.1) is 0 Å². The highest BCUT2D eigenvalue weighted by Gasteiger charge is 2.20. The third-order valence-electron chi connectivity index (χ3n) is 3.73. The van der Waals surface area contributed by atoms with Gasteiger partial charge in [-0.3, -0.25) is 14.5 Å². The monoisotopic (exact) mass is 340 g/mol. The van der Waals surface area contributed by atoms with Crippen LogP contribution < -0.4 is 16.0 Å². The first-order valence-electron chi connectivity index (χ1n) is 7.73. The summed E-state index contributed by atoms with van der Waals surface area (Å²) in [5.41, 5.74) is 1.20. The van der Waals surface area contributed by atoms with Crippen molar-refractivity contribution in [3.8, 4) is 0 Å². The second-order valence-corrected chi connectivity index (χ2v) is 5.51. The quantitative estimate of drug-likeness (QED) is 0.750. The summed E-state index contributed by atoms with van der Waals surface area (Å²) in [5, 5.41) is 8.91. The zero-order chi connectivity index (χ0) is 15.9. The molecular weight excluding hydrogens is 316 g/mol. The molecule has 0 aromatic heterocycles. The van der Waals surface area contributed by atoms with Gasteiger partial charge in [-0.2, -0.15) is 0 Å². The molecule has 0 aliphatic carbocycles. The first-order valence-corrected chi connectivity index (χ1v) is 7.73. The number of benzene rings is 1. The first kappa shape index (κ1) is 19.4. The van der Waals surface area contributed by atoms with Gasteiger partial charge in [0, 0.05) is 43.5 Å². The van der Waals surface area contributed by atoms with Crippen LogP contribution in [0.4, 0.5) is 5.69 Å². The van der Waals surface area contributed by atoms with Crippen molar-refractivity contribution in [2.24, 2.45) is 0 Å². The van der Waals surface area contributed by atoms with Crippen LogP contribution in [0.1, 0.15) is 24.2 Å². The summed E-state index contributed by atoms with van der Waals surface area (Å²) in [6.45, 7) is 7.61. The molecule has 1 aliphatic rings. The van der Waals surface area contributed by atoms with Gasteiger partial charge >= 0.3 is 0 Å². The molecule has 1 aliphatic heterocycles. The predicted octanol–water partition coefficient (Wildman–Crippen LogP) is 1.09. The zero-order valence-corrected chi connectivity index (χ0v) is 14.4. The normalized spacial score (nSPS) is 17.9. The highest BCUT2D eigenvalue weighted by atomic mass is 35.5. The topological polar surface area (TPSA) is 73.5 Å². The summed E-state index contributed by atoms with van der Waals surface area (Å²) in [6.07, 6.45) is 0. The minimum absolute atomic E-state index is 0. The lowest BCUT2D eigenvalue weighted by Crippen LogP contribution is -2.51. The van der Waals surface area contributed by atoms with Gasteiger partial charge < -0.3 is 16.0 Å². The van der Waals surface area contributed by atoms with Gasteiger partial charge in [0.1, 0.15) is 0 Å². The van der Waals surface area contributed by atoms with E-state index in [0.29, 0.717) is 30.4 Å². The number of carbonyl (C=O) groups is 2. The Hall–Kier alpha value is -1.63. The highest BCUT2D eigenvalue weighted by molar-refractivity contribution is 5.97. The van der Waals surface area contributed by atoms with Crippen molar-refractivity contribution in [3.63, 3.8) is 0 Å². The molecule has 0 radical (unpaired) electrons. The molecule has 0 spiro atoms. The molecule has 0 unspecified atom stereocenters. The Morgan fingerprint density at radius 2 is 2.17 bits per heavy atom. The maximum atomic E-state index is 12.2. The Kier molecular flexibility index (Phi) is 8.02. The van der Waals surface area contributed by atoms with Crippen LogP contribution in [0.2, 0.25) is 0 Å². The van der Waals surface area contributed by atoms with E-state index in [1.807, 2.05) is 6.92 Å². The van der Waals surface area contributed by atoms with Gasteiger partial charge in [0.2, 0.25) is 5.91 Å². The molecule has 1 saturated heterocycles. The second kappa shape index (κ2) is 9.50. The van der Waals surface area contributed by atoms with E-state index in [9.17, 15) is 9.59 Å². The molecule has 1 fully saturated rings. The number of amides is 2. The fraction of sp³-hybridized carbons (Fsp3) is 0.500. The molecule has 1 heterocycles. The average Bonchev–Trinajstić information content (AvgIpc) is 2.50. The van der Waals surface area contributed by atoms with Crippen molar-refractivity contribution in [1.82, 2.24) is 15.5 Å². The molecule has 1 aromatic carbocycles. The van der Waals surface area contributed by atoms with Crippen LogP contribution in [-0.4, -0.2) is 55.5 Å². The van der Waals surface area contributed by atoms with Crippen LogP contribution in [0.25, 0.3) is 0 Å². The van der Waals surface area contributed by atoms with E-state index in [2.05, 4.69) is 27.8 Å². The second-order valence-electron chi connectivity index (χ2n) is 5.51. The van der Waals surface area contributed by atoms with Crippen molar-refractivity contribution in [2.45, 2.75) is 19.9 Å². The molecule has 2 rings (SSSR count). The fourth-order valence-electron chi connectivity index (χ4n) is 2.50. The third-order valence-corrected chi connectivity index (χ3v) is 3.73. The molecule has 1 aromatic rings. The summed E-state index contributed by atoms with van der Waals surface area (Å²) >= 11 is 0. The maximum Gasteiger partial charge on any atom is 0.251 e. The minimum atomic E-state index is -0.130. The number of hydrogen-bond acceptors (Lipinski definition) is 4. The Morgan fingerprint density at radius 3 is 2.87 bits per heavy atom. The smallest absolute Gasteiger partial charge is 0.251 e.